The van der Waals surface area contributed by atoms with Crippen molar-refractivity contribution >= 4 is 8.07 Å². The Bertz CT molecular complexity index is 197. The Morgan fingerprint density at radius 1 is 1.33 bits per heavy atom. The molecule has 0 saturated heterocycles. The molecule has 0 fully saturated rings. The second kappa shape index (κ2) is 2.01. The zero-order valence-electron chi connectivity index (χ0n) is 6.23. The van der Waals surface area contributed by atoms with E-state index in [0.29, 0.717) is 0 Å². The van der Waals surface area contributed by atoms with Gasteiger partial charge in [0.1, 0.15) is 0 Å². The van der Waals surface area contributed by atoms with E-state index in [-0.39, 0.29) is 0 Å². The second-order valence-corrected chi connectivity index (χ2v) is 8.37. The minimum Gasteiger partial charge on any atom is -0.122 e. The van der Waals surface area contributed by atoms with E-state index in [2.05, 4.69) is 37.5 Å². The van der Waals surface area contributed by atoms with Gasteiger partial charge in [0.25, 0.3) is 0 Å². The van der Waals surface area contributed by atoms with Crippen molar-refractivity contribution in [2.24, 2.45) is 0 Å². The zero-order chi connectivity index (χ0) is 6.91. The van der Waals surface area contributed by atoms with Gasteiger partial charge >= 0.3 is 0 Å². The molecule has 0 unspecified atom stereocenters. The van der Waals surface area contributed by atoms with E-state index in [4.69, 9.17) is 0 Å². The highest BCUT2D eigenvalue weighted by atomic mass is 28.3. The standard InChI is InChI=1S/C8H12Si/c1-9(2,3)8-6-4-5-7-8/h4-6H,1-3H3. The summed E-state index contributed by atoms with van der Waals surface area (Å²) in [6.07, 6.45) is 6.23. The molecule has 0 radical (unpaired) electrons. The van der Waals surface area contributed by atoms with E-state index in [1.807, 2.05) is 6.08 Å². The Hall–Kier alpha value is -0.523. The Labute approximate surface area is 57.6 Å². The van der Waals surface area contributed by atoms with Crippen LogP contribution in [0.3, 0.4) is 0 Å². The molecule has 1 aliphatic rings. The molecule has 0 saturated carbocycles. The van der Waals surface area contributed by atoms with E-state index in [0.717, 1.165) is 0 Å². The average molecular weight is 136 g/mol. The molecule has 0 atom stereocenters. The highest BCUT2D eigenvalue weighted by molar-refractivity contribution is 6.83. The lowest BCUT2D eigenvalue weighted by molar-refractivity contribution is 1.69. The lowest BCUT2D eigenvalue weighted by atomic mass is 10.6. The van der Waals surface area contributed by atoms with Crippen LogP contribution in [0.4, 0.5) is 0 Å². The fourth-order valence-corrected chi connectivity index (χ4v) is 1.91. The fourth-order valence-electron chi connectivity index (χ4n) is 0.797. The second-order valence-electron chi connectivity index (χ2n) is 3.33. The van der Waals surface area contributed by atoms with Crippen LogP contribution < -0.4 is 0 Å². The Kier molecular flexibility index (Phi) is 1.48. The predicted molar refractivity (Wildman–Crippen MR) is 44.1 cm³/mol. The summed E-state index contributed by atoms with van der Waals surface area (Å²) in [5.41, 5.74) is 3.24. The smallest absolute Gasteiger partial charge is 0.0875 e. The van der Waals surface area contributed by atoms with Gasteiger partial charge in [-0.3, -0.25) is 0 Å². The van der Waals surface area contributed by atoms with Crippen LogP contribution in [0.5, 0.6) is 0 Å². The van der Waals surface area contributed by atoms with Gasteiger partial charge in [-0.05, 0) is 11.3 Å². The molecule has 0 nitrogen and oxygen atoms in total. The first-order valence-corrected chi connectivity index (χ1v) is 6.74. The van der Waals surface area contributed by atoms with Crippen molar-refractivity contribution in [3.05, 3.63) is 29.2 Å². The quantitative estimate of drug-likeness (QED) is 0.384. The molecule has 0 aromatic rings. The molecule has 1 aliphatic carbocycles. The van der Waals surface area contributed by atoms with Gasteiger partial charge in [0, 0.05) is 0 Å². The van der Waals surface area contributed by atoms with Crippen LogP contribution in [0, 0.1) is 0 Å². The van der Waals surface area contributed by atoms with Crippen molar-refractivity contribution in [3.63, 3.8) is 0 Å². The van der Waals surface area contributed by atoms with Crippen LogP contribution >= 0.6 is 0 Å². The molecule has 0 bridgehead atoms. The van der Waals surface area contributed by atoms with Gasteiger partial charge < -0.3 is 0 Å². The first-order chi connectivity index (χ1) is 4.11. The third-order valence-electron chi connectivity index (χ3n) is 1.41. The maximum Gasteiger partial charge on any atom is 0.0875 e. The summed E-state index contributed by atoms with van der Waals surface area (Å²) >= 11 is 0. The highest BCUT2D eigenvalue weighted by Crippen LogP contribution is 2.16. The summed E-state index contributed by atoms with van der Waals surface area (Å²) in [6, 6.07) is 0. The van der Waals surface area contributed by atoms with E-state index < -0.39 is 8.07 Å². The van der Waals surface area contributed by atoms with E-state index in [1.54, 1.807) is 0 Å². The fraction of sp³-hybridized carbons (Fsp3) is 0.375. The third-order valence-corrected chi connectivity index (χ3v) is 3.33. The van der Waals surface area contributed by atoms with Crippen LogP contribution in [-0.2, 0) is 0 Å². The minimum atomic E-state index is -1.04. The Morgan fingerprint density at radius 2 is 2.00 bits per heavy atom. The van der Waals surface area contributed by atoms with E-state index in [1.165, 1.54) is 5.20 Å². The summed E-state index contributed by atoms with van der Waals surface area (Å²) in [7, 11) is -1.04. The molecule has 9 heavy (non-hydrogen) atoms. The van der Waals surface area contributed by atoms with Gasteiger partial charge in [-0.2, -0.15) is 0 Å². The molecular formula is C8H12Si. The van der Waals surface area contributed by atoms with Crippen molar-refractivity contribution in [1.82, 2.24) is 0 Å². The van der Waals surface area contributed by atoms with Gasteiger partial charge in [0.05, 0.1) is 8.07 Å². The van der Waals surface area contributed by atoms with E-state index >= 15 is 0 Å². The predicted octanol–water partition coefficient (Wildman–Crippen LogP) is 2.52. The summed E-state index contributed by atoms with van der Waals surface area (Å²) in [4.78, 5) is 0. The summed E-state index contributed by atoms with van der Waals surface area (Å²) in [5, 5.41) is 1.43. The molecule has 0 aliphatic heterocycles. The first kappa shape index (κ1) is 6.59. The normalized spacial score (nSPS) is 16.6. The summed E-state index contributed by atoms with van der Waals surface area (Å²) in [5.74, 6) is 0. The minimum absolute atomic E-state index is 1.04. The van der Waals surface area contributed by atoms with Gasteiger partial charge in [0.15, 0.2) is 0 Å². The molecular weight excluding hydrogens is 124 g/mol. The topological polar surface area (TPSA) is 0 Å². The van der Waals surface area contributed by atoms with Crippen molar-refractivity contribution < 1.29 is 0 Å². The van der Waals surface area contributed by atoms with Gasteiger partial charge in [-0.1, -0.05) is 31.8 Å². The first-order valence-electron chi connectivity index (χ1n) is 3.24. The Balaban J connectivity index is 2.88. The number of hydrogen-bond acceptors (Lipinski definition) is 0. The molecule has 0 amide bonds. The molecule has 0 aromatic heterocycles. The molecule has 0 N–H and O–H groups in total. The van der Waals surface area contributed by atoms with Crippen molar-refractivity contribution in [2.75, 3.05) is 0 Å². The maximum atomic E-state index is 3.24. The average Bonchev–Trinajstić information content (AvgIpc) is 2.08. The molecule has 1 heteroatoms. The number of hydrogen-bond donors (Lipinski definition) is 0. The molecule has 48 valence electrons. The lowest BCUT2D eigenvalue weighted by Crippen LogP contribution is -2.21. The van der Waals surface area contributed by atoms with Crippen LogP contribution in [-0.4, -0.2) is 8.07 Å². The number of rotatable bonds is 1. The van der Waals surface area contributed by atoms with Gasteiger partial charge in [0.2, 0.25) is 0 Å². The third kappa shape index (κ3) is 1.44. The van der Waals surface area contributed by atoms with Gasteiger partial charge in [-0.25, -0.2) is 0 Å². The van der Waals surface area contributed by atoms with Crippen LogP contribution in [0.25, 0.3) is 0 Å². The highest BCUT2D eigenvalue weighted by Gasteiger charge is 2.17. The van der Waals surface area contributed by atoms with Crippen LogP contribution in [0.2, 0.25) is 19.6 Å². The summed E-state index contributed by atoms with van der Waals surface area (Å²) in [6.45, 7) is 7.00. The maximum absolute atomic E-state index is 3.24. The van der Waals surface area contributed by atoms with Crippen molar-refractivity contribution in [2.45, 2.75) is 19.6 Å². The molecule has 0 heterocycles. The van der Waals surface area contributed by atoms with Crippen molar-refractivity contribution in [1.29, 1.82) is 0 Å². The van der Waals surface area contributed by atoms with Gasteiger partial charge in [-0.15, -0.1) is 5.73 Å². The van der Waals surface area contributed by atoms with Crippen molar-refractivity contribution in [3.8, 4) is 0 Å². The zero-order valence-corrected chi connectivity index (χ0v) is 7.23. The lowest BCUT2D eigenvalue weighted by Gasteiger charge is -2.13. The van der Waals surface area contributed by atoms with Crippen LogP contribution in [0.1, 0.15) is 0 Å². The van der Waals surface area contributed by atoms with Crippen LogP contribution in [0.15, 0.2) is 29.2 Å². The molecule has 0 spiro atoms. The Morgan fingerprint density at radius 3 is 2.22 bits per heavy atom. The molecule has 0 aromatic carbocycles. The molecule has 1 rings (SSSR count). The number of allylic oxidation sites excluding steroid dienone is 3. The van der Waals surface area contributed by atoms with E-state index in [9.17, 15) is 0 Å². The SMILES string of the molecule is C[Si](C)(C)C1=C=CC=C1. The summed E-state index contributed by atoms with van der Waals surface area (Å²) < 4.78 is 0. The largest absolute Gasteiger partial charge is 0.122 e. The monoisotopic (exact) mass is 136 g/mol.